The molecule has 0 aliphatic rings. The monoisotopic (exact) mass is 252 g/mol. The maximum atomic E-state index is 11.4. The largest absolute Gasteiger partial charge is 0.448 e. The van der Waals surface area contributed by atoms with E-state index in [2.05, 4.69) is 11.4 Å². The lowest BCUT2D eigenvalue weighted by Gasteiger charge is -2.20. The third kappa shape index (κ3) is 4.87. The van der Waals surface area contributed by atoms with Crippen molar-refractivity contribution in [1.82, 2.24) is 5.32 Å². The van der Waals surface area contributed by atoms with E-state index in [9.17, 15) is 4.79 Å². The Labute approximate surface area is 105 Å². The van der Waals surface area contributed by atoms with Crippen molar-refractivity contribution in [3.8, 4) is 6.07 Å². The highest BCUT2D eigenvalue weighted by atomic mass is 32.1. The van der Waals surface area contributed by atoms with E-state index >= 15 is 0 Å². The first-order valence-corrected chi connectivity index (χ1v) is 6.23. The van der Waals surface area contributed by atoms with Crippen molar-refractivity contribution >= 4 is 17.4 Å². The van der Waals surface area contributed by atoms with Crippen LogP contribution < -0.4 is 5.32 Å². The van der Waals surface area contributed by atoms with Crippen molar-refractivity contribution in [3.05, 3.63) is 22.4 Å². The Kier molecular flexibility index (Phi) is 4.53. The van der Waals surface area contributed by atoms with Gasteiger partial charge in [0.2, 0.25) is 0 Å². The molecule has 0 aliphatic heterocycles. The predicted molar refractivity (Wildman–Crippen MR) is 66.9 cm³/mol. The van der Waals surface area contributed by atoms with E-state index in [0.29, 0.717) is 0 Å². The van der Waals surface area contributed by atoms with Gasteiger partial charge in [0.25, 0.3) is 0 Å². The lowest BCUT2D eigenvalue weighted by atomic mass is 10.1. The summed E-state index contributed by atoms with van der Waals surface area (Å²) in [7, 11) is 0. The topological polar surface area (TPSA) is 62.1 Å². The van der Waals surface area contributed by atoms with Crippen LogP contribution in [0.4, 0.5) is 4.79 Å². The number of hydrogen-bond acceptors (Lipinski definition) is 4. The summed E-state index contributed by atoms with van der Waals surface area (Å²) in [5.74, 6) is -0.396. The van der Waals surface area contributed by atoms with Gasteiger partial charge in [0.05, 0.1) is 6.07 Å². The lowest BCUT2D eigenvalue weighted by Crippen LogP contribution is -2.41. The average Bonchev–Trinajstić information content (AvgIpc) is 2.69. The SMILES string of the molecule is CC(C)(C)NC(=O)OCC(C#N)c1ccsc1. The van der Waals surface area contributed by atoms with Crippen LogP contribution in [0.25, 0.3) is 0 Å². The van der Waals surface area contributed by atoms with Crippen molar-refractivity contribution in [2.24, 2.45) is 0 Å². The average molecular weight is 252 g/mol. The van der Waals surface area contributed by atoms with Gasteiger partial charge in [-0.1, -0.05) is 0 Å². The fourth-order valence-electron chi connectivity index (χ4n) is 1.18. The molecule has 0 bridgehead atoms. The van der Waals surface area contributed by atoms with Gasteiger partial charge >= 0.3 is 6.09 Å². The minimum absolute atomic E-state index is 0.0785. The summed E-state index contributed by atoms with van der Waals surface area (Å²) in [6.45, 7) is 5.69. The maximum absolute atomic E-state index is 11.4. The summed E-state index contributed by atoms with van der Waals surface area (Å²) < 4.78 is 5.03. The van der Waals surface area contributed by atoms with Crippen LogP contribution >= 0.6 is 11.3 Å². The molecule has 0 aromatic carbocycles. The first-order chi connectivity index (χ1) is 7.92. The van der Waals surface area contributed by atoms with Crippen molar-refractivity contribution < 1.29 is 9.53 Å². The first kappa shape index (κ1) is 13.5. The van der Waals surface area contributed by atoms with E-state index in [4.69, 9.17) is 10.00 Å². The smallest absolute Gasteiger partial charge is 0.407 e. The Morgan fingerprint density at radius 3 is 2.82 bits per heavy atom. The molecule has 0 fully saturated rings. The second-order valence-electron chi connectivity index (χ2n) is 4.71. The number of nitrogens with zero attached hydrogens (tertiary/aromatic N) is 1. The van der Waals surface area contributed by atoms with Crippen LogP contribution in [0.3, 0.4) is 0 Å². The fourth-order valence-corrected chi connectivity index (χ4v) is 1.90. The molecule has 5 heteroatoms. The van der Waals surface area contributed by atoms with Crippen molar-refractivity contribution in [1.29, 1.82) is 5.26 Å². The number of alkyl carbamates (subject to hydrolysis) is 1. The molecule has 0 spiro atoms. The van der Waals surface area contributed by atoms with Gasteiger partial charge < -0.3 is 10.1 Å². The maximum Gasteiger partial charge on any atom is 0.407 e. The van der Waals surface area contributed by atoms with E-state index < -0.39 is 12.0 Å². The molecular formula is C12H16N2O2S. The number of rotatable bonds is 3. The van der Waals surface area contributed by atoms with Gasteiger partial charge in [-0.3, -0.25) is 0 Å². The van der Waals surface area contributed by atoms with Crippen LogP contribution in [0.1, 0.15) is 32.3 Å². The molecule has 1 unspecified atom stereocenters. The zero-order valence-corrected chi connectivity index (χ0v) is 11.0. The van der Waals surface area contributed by atoms with E-state index in [-0.39, 0.29) is 12.1 Å². The van der Waals surface area contributed by atoms with E-state index in [0.717, 1.165) is 5.56 Å². The van der Waals surface area contributed by atoms with Gasteiger partial charge in [0.15, 0.2) is 0 Å². The van der Waals surface area contributed by atoms with Crippen LogP contribution in [0, 0.1) is 11.3 Å². The molecule has 1 atom stereocenters. The van der Waals surface area contributed by atoms with Crippen molar-refractivity contribution in [2.45, 2.75) is 32.2 Å². The normalized spacial score (nSPS) is 12.6. The second kappa shape index (κ2) is 5.69. The van der Waals surface area contributed by atoms with Crippen LogP contribution in [0.5, 0.6) is 0 Å². The second-order valence-corrected chi connectivity index (χ2v) is 5.49. The third-order valence-electron chi connectivity index (χ3n) is 1.96. The summed E-state index contributed by atoms with van der Waals surface area (Å²) >= 11 is 1.52. The van der Waals surface area contributed by atoms with Crippen LogP contribution in [0.15, 0.2) is 16.8 Å². The minimum Gasteiger partial charge on any atom is -0.448 e. The summed E-state index contributed by atoms with van der Waals surface area (Å²) in [6, 6.07) is 3.99. The third-order valence-corrected chi connectivity index (χ3v) is 2.66. The Balaban J connectivity index is 2.45. The number of nitrogens with one attached hydrogen (secondary N) is 1. The molecule has 17 heavy (non-hydrogen) atoms. The van der Waals surface area contributed by atoms with Gasteiger partial charge in [-0.25, -0.2) is 4.79 Å². The fraction of sp³-hybridized carbons (Fsp3) is 0.500. The number of carbonyl (C=O) groups excluding carboxylic acids is 1. The summed E-state index contributed by atoms with van der Waals surface area (Å²) in [5, 5.41) is 15.4. The Bertz CT molecular complexity index is 401. The van der Waals surface area contributed by atoms with Crippen LogP contribution in [-0.4, -0.2) is 18.2 Å². The number of thiophene rings is 1. The molecule has 0 saturated carbocycles. The minimum atomic E-state index is -0.493. The number of ether oxygens (including phenoxy) is 1. The van der Waals surface area contributed by atoms with Gasteiger partial charge in [0, 0.05) is 5.54 Å². The van der Waals surface area contributed by atoms with Gasteiger partial charge in [-0.05, 0) is 43.2 Å². The molecular weight excluding hydrogens is 236 g/mol. The highest BCUT2D eigenvalue weighted by molar-refractivity contribution is 7.08. The zero-order valence-electron chi connectivity index (χ0n) is 10.2. The molecule has 0 radical (unpaired) electrons. The number of amides is 1. The highest BCUT2D eigenvalue weighted by Crippen LogP contribution is 2.18. The molecule has 4 nitrogen and oxygen atoms in total. The van der Waals surface area contributed by atoms with Crippen molar-refractivity contribution in [3.63, 3.8) is 0 Å². The van der Waals surface area contributed by atoms with Gasteiger partial charge in [-0.15, -0.1) is 0 Å². The molecule has 0 aliphatic carbocycles. The van der Waals surface area contributed by atoms with Crippen LogP contribution in [-0.2, 0) is 4.74 Å². The number of carbonyl (C=O) groups is 1. The number of hydrogen-bond donors (Lipinski definition) is 1. The Morgan fingerprint density at radius 2 is 2.35 bits per heavy atom. The Hall–Kier alpha value is -1.54. The molecule has 92 valence electrons. The van der Waals surface area contributed by atoms with Crippen molar-refractivity contribution in [2.75, 3.05) is 6.61 Å². The van der Waals surface area contributed by atoms with Crippen LogP contribution in [0.2, 0.25) is 0 Å². The lowest BCUT2D eigenvalue weighted by molar-refractivity contribution is 0.135. The molecule has 1 heterocycles. The zero-order chi connectivity index (χ0) is 12.9. The molecule has 1 N–H and O–H groups in total. The summed E-state index contributed by atoms with van der Waals surface area (Å²) in [6.07, 6.45) is -0.493. The number of nitriles is 1. The first-order valence-electron chi connectivity index (χ1n) is 5.29. The molecule has 1 rings (SSSR count). The molecule has 1 amide bonds. The standard InChI is InChI=1S/C12H16N2O2S/c1-12(2,3)14-11(15)16-7-10(6-13)9-4-5-17-8-9/h4-5,8,10H,7H2,1-3H3,(H,14,15). The predicted octanol–water partition coefficient (Wildman–Crippen LogP) is 2.88. The van der Waals surface area contributed by atoms with E-state index in [1.54, 1.807) is 0 Å². The summed E-state index contributed by atoms with van der Waals surface area (Å²) in [4.78, 5) is 11.4. The van der Waals surface area contributed by atoms with Gasteiger partial charge in [0.1, 0.15) is 12.5 Å². The van der Waals surface area contributed by atoms with E-state index in [1.165, 1.54) is 11.3 Å². The quantitative estimate of drug-likeness (QED) is 0.899. The molecule has 1 aromatic rings. The highest BCUT2D eigenvalue weighted by Gasteiger charge is 2.17. The molecule has 0 saturated heterocycles. The van der Waals surface area contributed by atoms with Gasteiger partial charge in [-0.2, -0.15) is 16.6 Å². The van der Waals surface area contributed by atoms with E-state index in [1.807, 2.05) is 37.6 Å². The molecule has 1 aromatic heterocycles. The summed E-state index contributed by atoms with van der Waals surface area (Å²) in [5.41, 5.74) is 0.558. The Morgan fingerprint density at radius 1 is 1.65 bits per heavy atom.